The molecular formula is C17H25NO2. The van der Waals surface area contributed by atoms with E-state index in [2.05, 4.69) is 11.8 Å². The summed E-state index contributed by atoms with van der Waals surface area (Å²) in [5.74, 6) is 1.02. The maximum Gasteiger partial charge on any atom is 0.159 e. The summed E-state index contributed by atoms with van der Waals surface area (Å²) in [6, 6.07) is 6.40. The van der Waals surface area contributed by atoms with Gasteiger partial charge in [0, 0.05) is 23.7 Å². The predicted octanol–water partition coefficient (Wildman–Crippen LogP) is 3.66. The van der Waals surface area contributed by atoms with Gasteiger partial charge in [-0.2, -0.15) is 0 Å². The number of carbonyl (C=O) groups is 1. The summed E-state index contributed by atoms with van der Waals surface area (Å²) >= 11 is 0. The molecule has 0 N–H and O–H groups in total. The van der Waals surface area contributed by atoms with Crippen molar-refractivity contribution in [3.8, 4) is 5.75 Å². The minimum absolute atomic E-state index is 0.112. The number of Topliss-reactive ketones (excluding diaryl/α,β-unsaturated/α-hetero) is 1. The fourth-order valence-corrected chi connectivity index (χ4v) is 2.83. The van der Waals surface area contributed by atoms with E-state index in [-0.39, 0.29) is 5.78 Å². The molecule has 1 saturated heterocycles. The molecule has 1 aromatic carbocycles. The van der Waals surface area contributed by atoms with Gasteiger partial charge in [-0.15, -0.1) is 0 Å². The fourth-order valence-electron chi connectivity index (χ4n) is 2.83. The summed E-state index contributed by atoms with van der Waals surface area (Å²) in [4.78, 5) is 14.1. The van der Waals surface area contributed by atoms with Gasteiger partial charge in [-0.1, -0.05) is 6.42 Å². The molecule has 1 fully saturated rings. The molecule has 1 atom stereocenters. The highest BCUT2D eigenvalue weighted by molar-refractivity contribution is 5.94. The molecule has 2 rings (SSSR count). The lowest BCUT2D eigenvalue weighted by Crippen LogP contribution is -2.36. The van der Waals surface area contributed by atoms with Gasteiger partial charge >= 0.3 is 0 Å². The average Bonchev–Trinajstić information content (AvgIpc) is 2.43. The smallest absolute Gasteiger partial charge is 0.159 e. The Morgan fingerprint density at radius 1 is 1.40 bits per heavy atom. The molecule has 1 heterocycles. The number of ketones is 1. The molecular weight excluding hydrogens is 250 g/mol. The molecule has 0 amide bonds. The molecule has 0 saturated carbocycles. The van der Waals surface area contributed by atoms with Crippen LogP contribution < -0.4 is 4.74 Å². The number of carbonyl (C=O) groups excluding carboxylic acids is 1. The zero-order chi connectivity index (χ0) is 14.5. The lowest BCUT2D eigenvalue weighted by molar-refractivity contribution is 0.101. The molecule has 1 aliphatic rings. The van der Waals surface area contributed by atoms with Crippen LogP contribution in [-0.2, 0) is 6.54 Å². The van der Waals surface area contributed by atoms with E-state index >= 15 is 0 Å². The summed E-state index contributed by atoms with van der Waals surface area (Å²) in [5.41, 5.74) is 1.90. The van der Waals surface area contributed by atoms with Gasteiger partial charge < -0.3 is 4.74 Å². The molecule has 110 valence electrons. The number of ether oxygens (including phenoxy) is 1. The molecule has 0 bridgehead atoms. The first-order chi connectivity index (χ1) is 9.61. The third-order valence-corrected chi connectivity index (χ3v) is 4.08. The van der Waals surface area contributed by atoms with Crippen molar-refractivity contribution in [3.05, 3.63) is 29.3 Å². The number of hydrogen-bond donors (Lipinski definition) is 0. The second-order valence-corrected chi connectivity index (χ2v) is 5.63. The van der Waals surface area contributed by atoms with Crippen molar-refractivity contribution in [3.63, 3.8) is 0 Å². The van der Waals surface area contributed by atoms with Gasteiger partial charge in [-0.05, 0) is 58.4 Å². The van der Waals surface area contributed by atoms with Crippen LogP contribution in [0.15, 0.2) is 18.2 Å². The van der Waals surface area contributed by atoms with E-state index in [1.165, 1.54) is 19.3 Å². The highest BCUT2D eigenvalue weighted by Crippen LogP contribution is 2.26. The van der Waals surface area contributed by atoms with Crippen LogP contribution in [0.5, 0.6) is 5.75 Å². The standard InChI is InChI=1S/C17H25NO2/c1-4-20-17-9-8-15(14(3)19)11-16(17)12-18-10-6-5-7-13(18)2/h8-9,11,13H,4-7,10,12H2,1-3H3. The zero-order valence-corrected chi connectivity index (χ0v) is 12.8. The Morgan fingerprint density at radius 3 is 2.85 bits per heavy atom. The number of rotatable bonds is 5. The number of piperidine rings is 1. The lowest BCUT2D eigenvalue weighted by Gasteiger charge is -2.33. The van der Waals surface area contributed by atoms with Gasteiger partial charge in [0.25, 0.3) is 0 Å². The Kier molecular flexibility index (Phi) is 5.18. The Bertz CT molecular complexity index is 470. The van der Waals surface area contributed by atoms with Crippen LogP contribution in [0.2, 0.25) is 0 Å². The fraction of sp³-hybridized carbons (Fsp3) is 0.588. The first-order valence-corrected chi connectivity index (χ1v) is 7.62. The molecule has 1 unspecified atom stereocenters. The van der Waals surface area contributed by atoms with Crippen LogP contribution in [0.3, 0.4) is 0 Å². The summed E-state index contributed by atoms with van der Waals surface area (Å²) in [6.45, 7) is 8.56. The van der Waals surface area contributed by atoms with Crippen LogP contribution >= 0.6 is 0 Å². The van der Waals surface area contributed by atoms with E-state index in [1.807, 2.05) is 25.1 Å². The molecule has 20 heavy (non-hydrogen) atoms. The number of hydrogen-bond acceptors (Lipinski definition) is 3. The van der Waals surface area contributed by atoms with E-state index in [0.29, 0.717) is 12.6 Å². The minimum atomic E-state index is 0.112. The van der Waals surface area contributed by atoms with Crippen molar-refractivity contribution in [2.75, 3.05) is 13.2 Å². The van der Waals surface area contributed by atoms with Gasteiger partial charge in [0.2, 0.25) is 0 Å². The molecule has 3 nitrogen and oxygen atoms in total. The molecule has 1 aromatic rings. The van der Waals surface area contributed by atoms with Crippen LogP contribution in [0, 0.1) is 0 Å². The van der Waals surface area contributed by atoms with E-state index < -0.39 is 0 Å². The van der Waals surface area contributed by atoms with E-state index in [4.69, 9.17) is 4.74 Å². The molecule has 1 aliphatic heterocycles. The zero-order valence-electron chi connectivity index (χ0n) is 12.8. The van der Waals surface area contributed by atoms with E-state index in [1.54, 1.807) is 6.92 Å². The van der Waals surface area contributed by atoms with Gasteiger partial charge in [0.05, 0.1) is 6.61 Å². The average molecular weight is 275 g/mol. The van der Waals surface area contributed by atoms with Crippen molar-refractivity contribution >= 4 is 5.78 Å². The summed E-state index contributed by atoms with van der Waals surface area (Å²) in [6.07, 6.45) is 3.85. The molecule has 0 aliphatic carbocycles. The van der Waals surface area contributed by atoms with Crippen molar-refractivity contribution in [1.29, 1.82) is 0 Å². The maximum atomic E-state index is 11.6. The Morgan fingerprint density at radius 2 is 2.20 bits per heavy atom. The van der Waals surface area contributed by atoms with Crippen molar-refractivity contribution in [2.45, 2.75) is 52.6 Å². The van der Waals surface area contributed by atoms with Crippen molar-refractivity contribution in [1.82, 2.24) is 4.90 Å². The van der Waals surface area contributed by atoms with Crippen LogP contribution in [0.25, 0.3) is 0 Å². The number of likely N-dealkylation sites (tertiary alicyclic amines) is 1. The highest BCUT2D eigenvalue weighted by atomic mass is 16.5. The van der Waals surface area contributed by atoms with Crippen molar-refractivity contribution in [2.24, 2.45) is 0 Å². The monoisotopic (exact) mass is 275 g/mol. The second kappa shape index (κ2) is 6.89. The minimum Gasteiger partial charge on any atom is -0.494 e. The van der Waals surface area contributed by atoms with Gasteiger partial charge in [-0.3, -0.25) is 9.69 Å². The third-order valence-electron chi connectivity index (χ3n) is 4.08. The predicted molar refractivity (Wildman–Crippen MR) is 81.3 cm³/mol. The van der Waals surface area contributed by atoms with E-state index in [0.717, 1.165) is 30.0 Å². The lowest BCUT2D eigenvalue weighted by atomic mass is 10.0. The third kappa shape index (κ3) is 3.60. The van der Waals surface area contributed by atoms with Gasteiger partial charge in [0.1, 0.15) is 5.75 Å². The molecule has 0 radical (unpaired) electrons. The second-order valence-electron chi connectivity index (χ2n) is 5.63. The maximum absolute atomic E-state index is 11.6. The van der Waals surface area contributed by atoms with Crippen LogP contribution in [0.1, 0.15) is 56.0 Å². The van der Waals surface area contributed by atoms with Gasteiger partial charge in [0.15, 0.2) is 5.78 Å². The summed E-state index contributed by atoms with van der Waals surface area (Å²) in [7, 11) is 0. The molecule has 0 spiro atoms. The first-order valence-electron chi connectivity index (χ1n) is 7.62. The number of benzene rings is 1. The van der Waals surface area contributed by atoms with E-state index in [9.17, 15) is 4.79 Å². The first kappa shape index (κ1) is 15.0. The highest BCUT2D eigenvalue weighted by Gasteiger charge is 2.20. The van der Waals surface area contributed by atoms with Crippen LogP contribution in [0.4, 0.5) is 0 Å². The topological polar surface area (TPSA) is 29.5 Å². The molecule has 3 heteroatoms. The quantitative estimate of drug-likeness (QED) is 0.768. The Hall–Kier alpha value is -1.35. The Labute approximate surface area is 121 Å². The normalized spacial score (nSPS) is 19.9. The number of nitrogens with zero attached hydrogens (tertiary/aromatic N) is 1. The SMILES string of the molecule is CCOc1ccc(C(C)=O)cc1CN1CCCCC1C. The van der Waals surface area contributed by atoms with Crippen molar-refractivity contribution < 1.29 is 9.53 Å². The van der Waals surface area contributed by atoms with Gasteiger partial charge in [-0.25, -0.2) is 0 Å². The summed E-state index contributed by atoms with van der Waals surface area (Å²) < 4.78 is 5.71. The summed E-state index contributed by atoms with van der Waals surface area (Å²) in [5, 5.41) is 0. The molecule has 0 aromatic heterocycles. The Balaban J connectivity index is 2.22. The largest absolute Gasteiger partial charge is 0.494 e. The van der Waals surface area contributed by atoms with Crippen LogP contribution in [-0.4, -0.2) is 29.9 Å².